The number of ether oxygens (including phenoxy) is 2. The predicted molar refractivity (Wildman–Crippen MR) is 117 cm³/mol. The summed E-state index contributed by atoms with van der Waals surface area (Å²) in [5.74, 6) is 2.60. The summed E-state index contributed by atoms with van der Waals surface area (Å²) < 4.78 is 11.4. The lowest BCUT2D eigenvalue weighted by molar-refractivity contribution is -0.122. The Bertz CT molecular complexity index is 589. The lowest BCUT2D eigenvalue weighted by Gasteiger charge is -2.25. The highest BCUT2D eigenvalue weighted by Crippen LogP contribution is 2.33. The van der Waals surface area contributed by atoms with Gasteiger partial charge in [-0.05, 0) is 75.7 Å². The Labute approximate surface area is 176 Å². The standard InChI is InChI=1S/C22H36N2O3.ClH/c1-5-26-19-9-8-18(15-20(19)27-6-2)22(16(3)4)24-21(25)10-7-17-11-13-23-14-12-17;/h8-9,15-17,22-23H,5-7,10-14H2,1-4H3,(H,24,25);1H. The average molecular weight is 413 g/mol. The highest BCUT2D eigenvalue weighted by atomic mass is 35.5. The first-order valence-electron chi connectivity index (χ1n) is 10.4. The molecule has 1 aliphatic rings. The van der Waals surface area contributed by atoms with Gasteiger partial charge in [0.25, 0.3) is 0 Å². The number of halogens is 1. The second-order valence-corrected chi connectivity index (χ2v) is 7.59. The molecule has 1 amide bonds. The van der Waals surface area contributed by atoms with Gasteiger partial charge < -0.3 is 20.1 Å². The highest BCUT2D eigenvalue weighted by molar-refractivity contribution is 5.85. The molecule has 1 unspecified atom stereocenters. The van der Waals surface area contributed by atoms with Crippen LogP contribution in [0.2, 0.25) is 0 Å². The number of hydrogen-bond donors (Lipinski definition) is 2. The van der Waals surface area contributed by atoms with Crippen molar-refractivity contribution in [1.82, 2.24) is 10.6 Å². The molecule has 0 saturated carbocycles. The van der Waals surface area contributed by atoms with Crippen LogP contribution in [0.1, 0.15) is 65.0 Å². The molecule has 1 aromatic carbocycles. The first kappa shape index (κ1) is 24.6. The maximum absolute atomic E-state index is 12.6. The van der Waals surface area contributed by atoms with Crippen molar-refractivity contribution in [3.05, 3.63) is 23.8 Å². The Hall–Kier alpha value is -1.46. The topological polar surface area (TPSA) is 59.6 Å². The third-order valence-electron chi connectivity index (χ3n) is 5.15. The van der Waals surface area contributed by atoms with Crippen molar-refractivity contribution in [2.45, 2.75) is 59.4 Å². The van der Waals surface area contributed by atoms with Crippen molar-refractivity contribution in [1.29, 1.82) is 0 Å². The molecule has 28 heavy (non-hydrogen) atoms. The van der Waals surface area contributed by atoms with Crippen molar-refractivity contribution in [2.75, 3.05) is 26.3 Å². The zero-order chi connectivity index (χ0) is 19.6. The molecule has 0 aliphatic carbocycles. The molecule has 0 radical (unpaired) electrons. The minimum absolute atomic E-state index is 0. The fourth-order valence-corrected chi connectivity index (χ4v) is 3.65. The molecule has 1 heterocycles. The summed E-state index contributed by atoms with van der Waals surface area (Å²) >= 11 is 0. The summed E-state index contributed by atoms with van der Waals surface area (Å²) in [6.45, 7) is 11.5. The first-order chi connectivity index (χ1) is 13.0. The van der Waals surface area contributed by atoms with Crippen LogP contribution >= 0.6 is 12.4 Å². The van der Waals surface area contributed by atoms with Crippen LogP contribution in [0.4, 0.5) is 0 Å². The van der Waals surface area contributed by atoms with Gasteiger partial charge in [0, 0.05) is 6.42 Å². The van der Waals surface area contributed by atoms with E-state index in [4.69, 9.17) is 9.47 Å². The Kier molecular flexibility index (Phi) is 11.3. The molecule has 1 atom stereocenters. The fraction of sp³-hybridized carbons (Fsp3) is 0.682. The average Bonchev–Trinajstić information content (AvgIpc) is 2.67. The molecular weight excluding hydrogens is 376 g/mol. The van der Waals surface area contributed by atoms with Gasteiger partial charge in [-0.3, -0.25) is 4.79 Å². The van der Waals surface area contributed by atoms with Crippen LogP contribution in [0, 0.1) is 11.8 Å². The molecule has 160 valence electrons. The van der Waals surface area contributed by atoms with E-state index in [1.807, 2.05) is 32.0 Å². The third kappa shape index (κ3) is 7.51. The van der Waals surface area contributed by atoms with E-state index in [0.29, 0.717) is 31.5 Å². The van der Waals surface area contributed by atoms with Gasteiger partial charge in [0.05, 0.1) is 19.3 Å². The summed E-state index contributed by atoms with van der Waals surface area (Å²) in [5.41, 5.74) is 1.06. The molecule has 1 aliphatic heterocycles. The minimum Gasteiger partial charge on any atom is -0.490 e. The molecule has 2 rings (SSSR count). The quantitative estimate of drug-likeness (QED) is 0.594. The van der Waals surface area contributed by atoms with Crippen LogP contribution in [0.5, 0.6) is 11.5 Å². The normalized spacial score (nSPS) is 15.6. The Morgan fingerprint density at radius 1 is 1.14 bits per heavy atom. The molecule has 0 spiro atoms. The van der Waals surface area contributed by atoms with Crippen LogP contribution in [-0.4, -0.2) is 32.2 Å². The van der Waals surface area contributed by atoms with Gasteiger partial charge in [0.1, 0.15) is 0 Å². The van der Waals surface area contributed by atoms with E-state index in [1.165, 1.54) is 12.8 Å². The van der Waals surface area contributed by atoms with Gasteiger partial charge in [-0.15, -0.1) is 12.4 Å². The van der Waals surface area contributed by atoms with E-state index in [0.717, 1.165) is 36.6 Å². The van der Waals surface area contributed by atoms with Crippen molar-refractivity contribution >= 4 is 18.3 Å². The molecular formula is C22H37ClN2O3. The van der Waals surface area contributed by atoms with Gasteiger partial charge in [-0.1, -0.05) is 19.9 Å². The molecule has 1 aromatic rings. The molecule has 0 aromatic heterocycles. The number of hydrogen-bond acceptors (Lipinski definition) is 4. The Balaban J connectivity index is 0.00000392. The van der Waals surface area contributed by atoms with Gasteiger partial charge >= 0.3 is 0 Å². The van der Waals surface area contributed by atoms with Crippen molar-refractivity contribution < 1.29 is 14.3 Å². The van der Waals surface area contributed by atoms with Crippen LogP contribution in [0.25, 0.3) is 0 Å². The number of nitrogens with one attached hydrogen (secondary N) is 2. The minimum atomic E-state index is -0.0274. The van der Waals surface area contributed by atoms with E-state index in [1.54, 1.807) is 0 Å². The number of carbonyl (C=O) groups is 1. The molecule has 2 N–H and O–H groups in total. The predicted octanol–water partition coefficient (Wildman–Crippen LogP) is 4.50. The second kappa shape index (κ2) is 12.9. The molecule has 1 fully saturated rings. The molecule has 6 heteroatoms. The largest absolute Gasteiger partial charge is 0.490 e. The van der Waals surface area contributed by atoms with Crippen LogP contribution in [0.15, 0.2) is 18.2 Å². The maximum atomic E-state index is 12.6. The van der Waals surface area contributed by atoms with E-state index >= 15 is 0 Å². The lowest BCUT2D eigenvalue weighted by Crippen LogP contribution is -2.33. The van der Waals surface area contributed by atoms with E-state index in [2.05, 4.69) is 24.5 Å². The van der Waals surface area contributed by atoms with E-state index < -0.39 is 0 Å². The zero-order valence-corrected chi connectivity index (χ0v) is 18.6. The summed E-state index contributed by atoms with van der Waals surface area (Å²) in [4.78, 5) is 12.6. The molecule has 5 nitrogen and oxygen atoms in total. The second-order valence-electron chi connectivity index (χ2n) is 7.59. The number of piperidine rings is 1. The van der Waals surface area contributed by atoms with Gasteiger partial charge in [-0.2, -0.15) is 0 Å². The van der Waals surface area contributed by atoms with Crippen molar-refractivity contribution in [3.63, 3.8) is 0 Å². The smallest absolute Gasteiger partial charge is 0.220 e. The summed E-state index contributed by atoms with van der Waals surface area (Å²) in [6.07, 6.45) is 3.93. The highest BCUT2D eigenvalue weighted by Gasteiger charge is 2.21. The molecule has 1 saturated heterocycles. The number of benzene rings is 1. The zero-order valence-electron chi connectivity index (χ0n) is 17.8. The molecule has 0 bridgehead atoms. The first-order valence-corrected chi connectivity index (χ1v) is 10.4. The summed E-state index contributed by atoms with van der Waals surface area (Å²) in [5, 5.41) is 6.62. The SMILES string of the molecule is CCOc1ccc(C(NC(=O)CCC2CCNCC2)C(C)C)cc1OCC.Cl. The monoisotopic (exact) mass is 412 g/mol. The van der Waals surface area contributed by atoms with Gasteiger partial charge in [-0.25, -0.2) is 0 Å². The third-order valence-corrected chi connectivity index (χ3v) is 5.15. The van der Waals surface area contributed by atoms with E-state index in [-0.39, 0.29) is 24.4 Å². The van der Waals surface area contributed by atoms with Gasteiger partial charge in [0.2, 0.25) is 5.91 Å². The van der Waals surface area contributed by atoms with Crippen LogP contribution in [-0.2, 0) is 4.79 Å². The fourth-order valence-electron chi connectivity index (χ4n) is 3.65. The van der Waals surface area contributed by atoms with Crippen molar-refractivity contribution in [2.24, 2.45) is 11.8 Å². The Morgan fingerprint density at radius 3 is 2.39 bits per heavy atom. The lowest BCUT2D eigenvalue weighted by atomic mass is 9.92. The number of carbonyl (C=O) groups excluding carboxylic acids is 1. The number of amides is 1. The van der Waals surface area contributed by atoms with Crippen molar-refractivity contribution in [3.8, 4) is 11.5 Å². The van der Waals surface area contributed by atoms with Crippen LogP contribution < -0.4 is 20.1 Å². The summed E-state index contributed by atoms with van der Waals surface area (Å²) in [7, 11) is 0. The van der Waals surface area contributed by atoms with E-state index in [9.17, 15) is 4.79 Å². The Morgan fingerprint density at radius 2 is 1.79 bits per heavy atom. The number of rotatable bonds is 10. The maximum Gasteiger partial charge on any atom is 0.220 e. The van der Waals surface area contributed by atoms with Gasteiger partial charge in [0.15, 0.2) is 11.5 Å². The summed E-state index contributed by atoms with van der Waals surface area (Å²) in [6, 6.07) is 5.96. The van der Waals surface area contributed by atoms with Crippen LogP contribution in [0.3, 0.4) is 0 Å².